The normalized spacial score (nSPS) is 21.7. The van der Waals surface area contributed by atoms with Crippen molar-refractivity contribution in [2.24, 2.45) is 0 Å². The number of aromatic nitrogens is 2. The van der Waals surface area contributed by atoms with Crippen LogP contribution in [0.1, 0.15) is 74.0 Å². The summed E-state index contributed by atoms with van der Waals surface area (Å²) < 4.78 is 60.2. The summed E-state index contributed by atoms with van der Waals surface area (Å²) >= 11 is 0. The van der Waals surface area contributed by atoms with Gasteiger partial charge in [-0.3, -0.25) is 4.68 Å². The maximum atomic E-state index is 13.9. The molecule has 8 heteroatoms. The molecule has 23 heavy (non-hydrogen) atoms. The molecule has 1 heterocycles. The van der Waals surface area contributed by atoms with E-state index in [0.717, 1.165) is 10.9 Å². The molecule has 1 atom stereocenters. The van der Waals surface area contributed by atoms with Crippen LogP contribution >= 0.6 is 0 Å². The number of rotatable bonds is 4. The molecule has 0 amide bonds. The number of hydrogen-bond donors (Lipinski definition) is 0. The fraction of sp³-hybridized carbons (Fsp3) is 0.733. The van der Waals surface area contributed by atoms with Crippen molar-refractivity contribution >= 4 is 5.97 Å². The van der Waals surface area contributed by atoms with Gasteiger partial charge in [-0.1, -0.05) is 12.8 Å². The van der Waals surface area contributed by atoms with Gasteiger partial charge in [0.2, 0.25) is 5.92 Å². The average molecular weight is 336 g/mol. The Morgan fingerprint density at radius 1 is 1.43 bits per heavy atom. The molecule has 0 N–H and O–H groups in total. The van der Waals surface area contributed by atoms with Crippen molar-refractivity contribution in [1.29, 1.82) is 0 Å². The van der Waals surface area contributed by atoms with Gasteiger partial charge in [-0.2, -0.15) is 5.10 Å². The van der Waals surface area contributed by atoms with Crippen LogP contribution in [-0.2, 0) is 4.74 Å². The van der Waals surface area contributed by atoms with E-state index in [1.165, 1.54) is 0 Å². The van der Waals surface area contributed by atoms with Gasteiger partial charge in [-0.15, -0.1) is 0 Å². The highest BCUT2D eigenvalue weighted by Crippen LogP contribution is 2.38. The molecule has 0 bridgehead atoms. The summed E-state index contributed by atoms with van der Waals surface area (Å²) in [6.45, 7) is 1.59. The quantitative estimate of drug-likeness (QED) is 0.599. The van der Waals surface area contributed by atoms with Gasteiger partial charge in [0, 0.05) is 12.8 Å². The highest BCUT2D eigenvalue weighted by molar-refractivity contribution is 5.90. The van der Waals surface area contributed by atoms with Gasteiger partial charge in [0.1, 0.15) is 11.3 Å². The van der Waals surface area contributed by atoms with E-state index < -0.39 is 36.5 Å². The van der Waals surface area contributed by atoms with E-state index in [9.17, 15) is 22.4 Å². The largest absolute Gasteiger partial charge is 0.462 e. The molecular formula is C15H20F4N2O2. The fourth-order valence-corrected chi connectivity index (χ4v) is 2.94. The number of hydrogen-bond acceptors (Lipinski definition) is 3. The number of carbonyl (C=O) groups excluding carboxylic acids is 1. The van der Waals surface area contributed by atoms with Gasteiger partial charge in [0.25, 0.3) is 6.43 Å². The molecule has 4 nitrogen and oxygen atoms in total. The highest BCUT2D eigenvalue weighted by atomic mass is 19.3. The first-order chi connectivity index (χ1) is 10.9. The number of carbonyl (C=O) groups is 1. The molecule has 1 aromatic rings. The Hall–Kier alpha value is -1.60. The lowest BCUT2D eigenvalue weighted by Crippen LogP contribution is -2.27. The van der Waals surface area contributed by atoms with Gasteiger partial charge in [-0.05, 0) is 19.8 Å². The molecule has 0 saturated heterocycles. The average Bonchev–Trinajstić information content (AvgIpc) is 2.88. The molecule has 1 fully saturated rings. The Morgan fingerprint density at radius 2 is 2.17 bits per heavy atom. The first kappa shape index (κ1) is 17.7. The Morgan fingerprint density at radius 3 is 2.83 bits per heavy atom. The van der Waals surface area contributed by atoms with E-state index in [-0.39, 0.29) is 18.6 Å². The number of ether oxygens (including phenoxy) is 1. The van der Waals surface area contributed by atoms with Crippen LogP contribution in [0.15, 0.2) is 6.20 Å². The van der Waals surface area contributed by atoms with Crippen molar-refractivity contribution in [3.05, 3.63) is 17.5 Å². The van der Waals surface area contributed by atoms with Crippen molar-refractivity contribution in [1.82, 2.24) is 9.78 Å². The van der Waals surface area contributed by atoms with Crippen molar-refractivity contribution in [2.75, 3.05) is 6.61 Å². The van der Waals surface area contributed by atoms with Gasteiger partial charge in [-0.25, -0.2) is 22.4 Å². The lowest BCUT2D eigenvalue weighted by molar-refractivity contribution is -0.0391. The Bertz CT molecular complexity index is 546. The standard InChI is InChI=1S/C15H20F4N2O2/c1-2-23-14(22)11-9-20-21(12(11)13(16)17)10-6-4-3-5-7-15(18,19)8-10/h9-10,13H,2-8H2,1H3. The van der Waals surface area contributed by atoms with E-state index in [0.29, 0.717) is 25.7 Å². The third-order valence-corrected chi connectivity index (χ3v) is 4.00. The summed E-state index contributed by atoms with van der Waals surface area (Å²) in [5, 5.41) is 3.80. The number of nitrogens with zero attached hydrogens (tertiary/aromatic N) is 2. The minimum Gasteiger partial charge on any atom is -0.462 e. The van der Waals surface area contributed by atoms with E-state index in [1.54, 1.807) is 6.92 Å². The van der Waals surface area contributed by atoms with Crippen LogP contribution in [0.5, 0.6) is 0 Å². The predicted molar refractivity (Wildman–Crippen MR) is 74.8 cm³/mol. The lowest BCUT2D eigenvalue weighted by Gasteiger charge is -2.27. The summed E-state index contributed by atoms with van der Waals surface area (Å²) in [4.78, 5) is 11.8. The Kier molecular flexibility index (Phi) is 5.64. The Labute approximate surface area is 131 Å². The summed E-state index contributed by atoms with van der Waals surface area (Å²) in [6.07, 6.45) is -0.753. The third-order valence-electron chi connectivity index (χ3n) is 4.00. The molecule has 2 rings (SSSR count). The lowest BCUT2D eigenvalue weighted by atomic mass is 9.94. The van der Waals surface area contributed by atoms with E-state index in [2.05, 4.69) is 5.10 Å². The van der Waals surface area contributed by atoms with Crippen LogP contribution in [0.3, 0.4) is 0 Å². The smallest absolute Gasteiger partial charge is 0.341 e. The molecule has 1 unspecified atom stereocenters. The van der Waals surface area contributed by atoms with E-state index >= 15 is 0 Å². The van der Waals surface area contributed by atoms with E-state index in [1.807, 2.05) is 0 Å². The first-order valence-electron chi connectivity index (χ1n) is 7.76. The van der Waals surface area contributed by atoms with Crippen LogP contribution in [0.2, 0.25) is 0 Å². The zero-order valence-corrected chi connectivity index (χ0v) is 12.9. The highest BCUT2D eigenvalue weighted by Gasteiger charge is 2.37. The molecule has 1 aliphatic rings. The zero-order chi connectivity index (χ0) is 17.0. The molecule has 1 aliphatic carbocycles. The maximum Gasteiger partial charge on any atom is 0.341 e. The molecule has 0 spiro atoms. The minimum atomic E-state index is -2.99. The van der Waals surface area contributed by atoms with Crippen molar-refractivity contribution in [2.45, 2.75) is 63.8 Å². The van der Waals surface area contributed by atoms with E-state index in [4.69, 9.17) is 4.74 Å². The third kappa shape index (κ3) is 4.23. The summed E-state index contributed by atoms with van der Waals surface area (Å²) in [5.74, 6) is -3.83. The molecule has 0 aliphatic heterocycles. The minimum absolute atomic E-state index is 0.0359. The number of halogens is 4. The predicted octanol–water partition coefficient (Wildman–Crippen LogP) is 4.53. The second-order valence-corrected chi connectivity index (χ2v) is 5.72. The monoisotopic (exact) mass is 336 g/mol. The van der Waals surface area contributed by atoms with Gasteiger partial charge in [0.15, 0.2) is 0 Å². The Balaban J connectivity index is 2.35. The van der Waals surface area contributed by atoms with Crippen molar-refractivity contribution < 1.29 is 27.1 Å². The van der Waals surface area contributed by atoms with Crippen LogP contribution < -0.4 is 0 Å². The molecular weight excluding hydrogens is 316 g/mol. The first-order valence-corrected chi connectivity index (χ1v) is 7.76. The van der Waals surface area contributed by atoms with Crippen LogP contribution in [-0.4, -0.2) is 28.3 Å². The number of esters is 1. The second-order valence-electron chi connectivity index (χ2n) is 5.72. The van der Waals surface area contributed by atoms with Crippen molar-refractivity contribution in [3.8, 4) is 0 Å². The summed E-state index contributed by atoms with van der Waals surface area (Å²) in [7, 11) is 0. The maximum absolute atomic E-state index is 13.9. The molecule has 1 aromatic heterocycles. The zero-order valence-electron chi connectivity index (χ0n) is 12.9. The van der Waals surface area contributed by atoms with Crippen LogP contribution in [0.25, 0.3) is 0 Å². The van der Waals surface area contributed by atoms with Gasteiger partial charge >= 0.3 is 5.97 Å². The molecule has 0 radical (unpaired) electrons. The molecule has 1 saturated carbocycles. The number of alkyl halides is 4. The van der Waals surface area contributed by atoms with Gasteiger partial charge in [0.05, 0.1) is 18.8 Å². The van der Waals surface area contributed by atoms with Crippen LogP contribution in [0.4, 0.5) is 17.6 Å². The molecule has 130 valence electrons. The second kappa shape index (κ2) is 7.31. The fourth-order valence-electron chi connectivity index (χ4n) is 2.94. The SMILES string of the molecule is CCOC(=O)c1cnn(C2CCCCCC(F)(F)C2)c1C(F)F. The summed E-state index contributed by atoms with van der Waals surface area (Å²) in [6, 6.07) is -0.850. The van der Waals surface area contributed by atoms with Gasteiger partial charge < -0.3 is 4.74 Å². The molecule has 0 aromatic carbocycles. The summed E-state index contributed by atoms with van der Waals surface area (Å²) in [5.41, 5.74) is -0.989. The van der Waals surface area contributed by atoms with Crippen molar-refractivity contribution in [3.63, 3.8) is 0 Å². The topological polar surface area (TPSA) is 44.1 Å². The van der Waals surface area contributed by atoms with Crippen LogP contribution in [0, 0.1) is 0 Å².